The van der Waals surface area contributed by atoms with E-state index >= 15 is 0 Å². The summed E-state index contributed by atoms with van der Waals surface area (Å²) in [5.41, 5.74) is 0.0817. The fraction of sp³-hybridized carbons (Fsp3) is 0.941. The topological polar surface area (TPSA) is 61.4 Å². The van der Waals surface area contributed by atoms with E-state index in [0.29, 0.717) is 0 Å². The Morgan fingerprint density at radius 2 is 1.92 bits per heavy atom. The first-order valence-electron chi connectivity index (χ1n) is 8.94. The molecular formula is C17H38IN5O2. The summed E-state index contributed by atoms with van der Waals surface area (Å²) in [5.74, 6) is 0.863. The quantitative estimate of drug-likeness (QED) is 0.213. The first-order chi connectivity index (χ1) is 11.5. The molecule has 1 aliphatic heterocycles. The van der Waals surface area contributed by atoms with E-state index in [0.717, 1.165) is 71.5 Å². The van der Waals surface area contributed by atoms with Crippen LogP contribution in [0.4, 0.5) is 0 Å². The molecule has 1 saturated heterocycles. The number of methoxy groups -OCH3 is 1. The number of nitrogens with one attached hydrogen (secondary N) is 2. The number of nitrogens with zero attached hydrogens (tertiary/aromatic N) is 3. The number of hydrogen-bond acceptors (Lipinski definition) is 5. The first kappa shape index (κ1) is 24.8. The van der Waals surface area contributed by atoms with Crippen molar-refractivity contribution in [1.82, 2.24) is 20.4 Å². The maximum atomic E-state index is 5.44. The van der Waals surface area contributed by atoms with Crippen molar-refractivity contribution in [1.29, 1.82) is 0 Å². The lowest BCUT2D eigenvalue weighted by molar-refractivity contribution is -0.00834. The van der Waals surface area contributed by atoms with Crippen molar-refractivity contribution in [2.24, 2.45) is 4.99 Å². The molecule has 0 unspecified atom stereocenters. The first-order valence-corrected chi connectivity index (χ1v) is 8.94. The van der Waals surface area contributed by atoms with Crippen molar-refractivity contribution >= 4 is 29.9 Å². The van der Waals surface area contributed by atoms with Crippen molar-refractivity contribution in [3.8, 4) is 0 Å². The van der Waals surface area contributed by atoms with E-state index < -0.39 is 0 Å². The van der Waals surface area contributed by atoms with Crippen LogP contribution in [0, 0.1) is 0 Å². The Bertz CT molecular complexity index is 363. The monoisotopic (exact) mass is 471 g/mol. The summed E-state index contributed by atoms with van der Waals surface area (Å²) in [6, 6.07) is 0. The van der Waals surface area contributed by atoms with Gasteiger partial charge in [-0.15, -0.1) is 24.0 Å². The van der Waals surface area contributed by atoms with Crippen molar-refractivity contribution in [3.05, 3.63) is 0 Å². The predicted molar refractivity (Wildman–Crippen MR) is 115 cm³/mol. The molecule has 0 atom stereocenters. The lowest BCUT2D eigenvalue weighted by Crippen LogP contribution is -2.56. The molecular weight excluding hydrogens is 433 g/mol. The van der Waals surface area contributed by atoms with Crippen LogP contribution < -0.4 is 10.6 Å². The summed E-state index contributed by atoms with van der Waals surface area (Å²) in [6.45, 7) is 12.7. The molecule has 8 heteroatoms. The fourth-order valence-corrected chi connectivity index (χ4v) is 2.76. The SMILES string of the molecule is CN=C(NCCN(C)CCCOC)NCC(C)(C)N1CCOCC1.I. The largest absolute Gasteiger partial charge is 0.385 e. The van der Waals surface area contributed by atoms with E-state index in [1.165, 1.54) is 0 Å². The van der Waals surface area contributed by atoms with E-state index in [4.69, 9.17) is 9.47 Å². The molecule has 1 aliphatic rings. The third-order valence-corrected chi connectivity index (χ3v) is 4.45. The number of guanidine groups is 1. The van der Waals surface area contributed by atoms with Gasteiger partial charge in [-0.3, -0.25) is 9.89 Å². The normalized spacial score (nSPS) is 16.6. The standard InChI is InChI=1S/C17H37N5O2.HI/c1-17(2,22-10-13-24-14-11-22)15-20-16(18-3)19-7-9-21(4)8-6-12-23-5;/h6-15H2,1-5H3,(H2,18,19,20);1H. The number of rotatable bonds is 10. The van der Waals surface area contributed by atoms with E-state index in [2.05, 4.69) is 46.3 Å². The number of morpholine rings is 1. The number of ether oxygens (including phenoxy) is 2. The summed E-state index contributed by atoms with van der Waals surface area (Å²) >= 11 is 0. The average molecular weight is 471 g/mol. The molecule has 25 heavy (non-hydrogen) atoms. The molecule has 1 fully saturated rings. The molecule has 2 N–H and O–H groups in total. The Morgan fingerprint density at radius 3 is 2.52 bits per heavy atom. The molecule has 1 rings (SSSR count). The minimum atomic E-state index is 0. The van der Waals surface area contributed by atoms with Gasteiger partial charge in [-0.25, -0.2) is 0 Å². The third-order valence-electron chi connectivity index (χ3n) is 4.45. The molecule has 0 amide bonds. The van der Waals surface area contributed by atoms with Crippen LogP contribution in [0.2, 0.25) is 0 Å². The summed E-state index contributed by atoms with van der Waals surface area (Å²) in [6.07, 6.45) is 1.06. The van der Waals surface area contributed by atoms with Gasteiger partial charge >= 0.3 is 0 Å². The summed E-state index contributed by atoms with van der Waals surface area (Å²) < 4.78 is 10.5. The highest BCUT2D eigenvalue weighted by molar-refractivity contribution is 14.0. The van der Waals surface area contributed by atoms with Gasteiger partial charge in [-0.05, 0) is 27.3 Å². The second-order valence-corrected chi connectivity index (χ2v) is 6.91. The zero-order valence-electron chi connectivity index (χ0n) is 16.6. The van der Waals surface area contributed by atoms with Crippen LogP contribution in [0.25, 0.3) is 0 Å². The molecule has 0 saturated carbocycles. The Morgan fingerprint density at radius 1 is 1.24 bits per heavy atom. The molecule has 1 heterocycles. The lowest BCUT2D eigenvalue weighted by atomic mass is 10.0. The minimum absolute atomic E-state index is 0. The molecule has 7 nitrogen and oxygen atoms in total. The summed E-state index contributed by atoms with van der Waals surface area (Å²) in [4.78, 5) is 9.10. The van der Waals surface area contributed by atoms with Gasteiger partial charge in [0.15, 0.2) is 5.96 Å². The van der Waals surface area contributed by atoms with Crippen LogP contribution in [0.3, 0.4) is 0 Å². The van der Waals surface area contributed by atoms with Crippen molar-refractivity contribution in [2.45, 2.75) is 25.8 Å². The highest BCUT2D eigenvalue weighted by atomic mass is 127. The van der Waals surface area contributed by atoms with Crippen LogP contribution in [0.5, 0.6) is 0 Å². The van der Waals surface area contributed by atoms with E-state index in [1.54, 1.807) is 7.11 Å². The Kier molecular flexibility index (Phi) is 13.9. The Hall–Kier alpha value is -0.160. The second-order valence-electron chi connectivity index (χ2n) is 6.91. The summed E-state index contributed by atoms with van der Waals surface area (Å²) in [7, 11) is 5.70. The highest BCUT2D eigenvalue weighted by Crippen LogP contribution is 2.14. The molecule has 150 valence electrons. The zero-order valence-corrected chi connectivity index (χ0v) is 19.0. The fourth-order valence-electron chi connectivity index (χ4n) is 2.76. The van der Waals surface area contributed by atoms with Gasteiger partial charge in [-0.1, -0.05) is 0 Å². The van der Waals surface area contributed by atoms with Gasteiger partial charge in [0.1, 0.15) is 0 Å². The van der Waals surface area contributed by atoms with Gasteiger partial charge in [0.05, 0.1) is 13.2 Å². The molecule has 0 spiro atoms. The maximum absolute atomic E-state index is 5.44. The Labute approximate surface area is 170 Å². The van der Waals surface area contributed by atoms with Crippen LogP contribution in [0.1, 0.15) is 20.3 Å². The summed E-state index contributed by atoms with van der Waals surface area (Å²) in [5, 5.41) is 6.84. The number of hydrogen-bond donors (Lipinski definition) is 2. The van der Waals surface area contributed by atoms with Gasteiger partial charge in [0, 0.05) is 65.6 Å². The second kappa shape index (κ2) is 14.0. The van der Waals surface area contributed by atoms with Gasteiger partial charge in [-0.2, -0.15) is 0 Å². The average Bonchev–Trinajstić information content (AvgIpc) is 2.59. The van der Waals surface area contributed by atoms with E-state index in [1.807, 2.05) is 7.05 Å². The van der Waals surface area contributed by atoms with E-state index in [-0.39, 0.29) is 29.5 Å². The zero-order chi connectivity index (χ0) is 17.8. The van der Waals surface area contributed by atoms with Gasteiger partial charge < -0.3 is 25.0 Å². The van der Waals surface area contributed by atoms with Crippen LogP contribution >= 0.6 is 24.0 Å². The van der Waals surface area contributed by atoms with Crippen LogP contribution in [0.15, 0.2) is 4.99 Å². The molecule has 0 aromatic rings. The molecule has 0 aromatic heterocycles. The van der Waals surface area contributed by atoms with Crippen LogP contribution in [-0.2, 0) is 9.47 Å². The van der Waals surface area contributed by atoms with Crippen LogP contribution in [-0.4, -0.2) is 102 Å². The number of halogens is 1. The van der Waals surface area contributed by atoms with Crippen molar-refractivity contribution in [2.75, 3.05) is 80.3 Å². The third kappa shape index (κ3) is 10.5. The van der Waals surface area contributed by atoms with Crippen molar-refractivity contribution in [3.63, 3.8) is 0 Å². The highest BCUT2D eigenvalue weighted by Gasteiger charge is 2.28. The predicted octanol–water partition coefficient (Wildman–Crippen LogP) is 0.849. The smallest absolute Gasteiger partial charge is 0.191 e. The van der Waals surface area contributed by atoms with Crippen molar-refractivity contribution < 1.29 is 9.47 Å². The maximum Gasteiger partial charge on any atom is 0.191 e. The molecule has 0 aliphatic carbocycles. The number of aliphatic imine (C=N–C) groups is 1. The molecule has 0 radical (unpaired) electrons. The lowest BCUT2D eigenvalue weighted by Gasteiger charge is -2.41. The van der Waals surface area contributed by atoms with Gasteiger partial charge in [0.2, 0.25) is 0 Å². The number of likely N-dealkylation sites (N-methyl/N-ethyl adjacent to an activating group) is 1. The van der Waals surface area contributed by atoms with Gasteiger partial charge in [0.25, 0.3) is 0 Å². The molecule has 0 bridgehead atoms. The minimum Gasteiger partial charge on any atom is -0.385 e. The van der Waals surface area contributed by atoms with E-state index in [9.17, 15) is 0 Å². The Balaban J connectivity index is 0.00000576. The molecule has 0 aromatic carbocycles.